The standard InChI is InChI=1S/C3H9NO3S.Na/c1-4-2-3-8(5,6)7;/h4H,2-3H2,1H3,(H,5,6,7);/q;+1/p-1/i1-1;. The Labute approximate surface area is 77.1 Å². The monoisotopic (exact) mass is 160 g/mol. The minimum absolute atomic E-state index is 0. The molecule has 0 amide bonds. The summed E-state index contributed by atoms with van der Waals surface area (Å²) in [4.78, 5) is 0. The first-order chi connectivity index (χ1) is 3.56. The van der Waals surface area contributed by atoms with Gasteiger partial charge in [0.1, 0.15) is 0 Å². The second-order valence-corrected chi connectivity index (χ2v) is 2.89. The van der Waals surface area contributed by atoms with Gasteiger partial charge in [-0.3, -0.25) is 0 Å². The molecule has 0 aromatic carbocycles. The van der Waals surface area contributed by atoms with Crippen LogP contribution < -0.4 is 34.9 Å². The maximum absolute atomic E-state index is 9.79. The molecule has 0 aliphatic heterocycles. The Balaban J connectivity index is 0. The summed E-state index contributed by atoms with van der Waals surface area (Å²) in [7, 11) is -2.41. The summed E-state index contributed by atoms with van der Waals surface area (Å²) in [6, 6.07) is 0. The second kappa shape index (κ2) is 5.64. The maximum atomic E-state index is 9.79. The molecular weight excluding hydrogens is 152 g/mol. The third-order valence-electron chi connectivity index (χ3n) is 0.602. The average molecular weight is 160 g/mol. The summed E-state index contributed by atoms with van der Waals surface area (Å²) in [5.41, 5.74) is 0. The molecule has 9 heavy (non-hydrogen) atoms. The van der Waals surface area contributed by atoms with Crippen LogP contribution in [0.1, 0.15) is 0 Å². The Morgan fingerprint density at radius 3 is 2.11 bits per heavy atom. The van der Waals surface area contributed by atoms with Gasteiger partial charge in [-0.05, 0) is 7.05 Å². The van der Waals surface area contributed by atoms with Gasteiger partial charge in [0.15, 0.2) is 0 Å². The third-order valence-corrected chi connectivity index (χ3v) is 1.31. The van der Waals surface area contributed by atoms with E-state index in [2.05, 4.69) is 5.32 Å². The van der Waals surface area contributed by atoms with Crippen molar-refractivity contribution in [1.82, 2.24) is 5.32 Å². The minimum Gasteiger partial charge on any atom is -0.748 e. The predicted octanol–water partition coefficient (Wildman–Crippen LogP) is -4.24. The molecule has 0 aromatic heterocycles. The maximum Gasteiger partial charge on any atom is 1.00 e. The quantitative estimate of drug-likeness (QED) is 0.335. The molecule has 0 bridgehead atoms. The van der Waals surface area contributed by atoms with Crippen LogP contribution in [0.2, 0.25) is 0 Å². The normalized spacial score (nSPS) is 10.4. The van der Waals surface area contributed by atoms with Crippen molar-refractivity contribution in [3.05, 3.63) is 0 Å². The predicted molar refractivity (Wildman–Crippen MR) is 28.5 cm³/mol. The van der Waals surface area contributed by atoms with E-state index in [9.17, 15) is 13.0 Å². The number of nitrogens with one attached hydrogen (secondary N) is 1. The van der Waals surface area contributed by atoms with E-state index in [0.717, 1.165) is 0 Å². The zero-order valence-corrected chi connectivity index (χ0v) is 8.36. The van der Waals surface area contributed by atoms with E-state index in [0.29, 0.717) is 0 Å². The molecule has 4 nitrogen and oxygen atoms in total. The van der Waals surface area contributed by atoms with E-state index in [1.807, 2.05) is 0 Å². The molecule has 0 aromatic rings. The molecule has 6 heteroatoms. The van der Waals surface area contributed by atoms with Gasteiger partial charge in [-0.25, -0.2) is 8.42 Å². The van der Waals surface area contributed by atoms with E-state index in [4.69, 9.17) is 0 Å². The molecule has 0 radical (unpaired) electrons. The zero-order valence-electron chi connectivity index (χ0n) is 5.55. The van der Waals surface area contributed by atoms with Crippen molar-refractivity contribution in [1.29, 1.82) is 0 Å². The molecule has 1 N–H and O–H groups in total. The van der Waals surface area contributed by atoms with Crippen LogP contribution in [0.5, 0.6) is 0 Å². The first kappa shape index (κ1) is 12.5. The van der Waals surface area contributed by atoms with E-state index in [1.165, 1.54) is 0 Å². The molecule has 0 rings (SSSR count). The SMILES string of the molecule is [11CH3]NCCS(=O)(=O)[O-].[Na+]. The van der Waals surface area contributed by atoms with E-state index in [-0.39, 0.29) is 41.9 Å². The molecule has 0 spiro atoms. The fraction of sp³-hybridized carbons (Fsp3) is 1.00. The van der Waals surface area contributed by atoms with Gasteiger partial charge in [-0.15, -0.1) is 0 Å². The molecule has 50 valence electrons. The fourth-order valence-corrected chi connectivity index (χ4v) is 0.681. The van der Waals surface area contributed by atoms with E-state index in [1.54, 1.807) is 7.05 Å². The summed E-state index contributed by atoms with van der Waals surface area (Å²) >= 11 is 0. The topological polar surface area (TPSA) is 69.2 Å². The third kappa shape index (κ3) is 12.1. The molecule has 0 fully saturated rings. The first-order valence-corrected chi connectivity index (χ1v) is 3.72. The van der Waals surface area contributed by atoms with Crippen LogP contribution in [-0.4, -0.2) is 32.3 Å². The van der Waals surface area contributed by atoms with Crippen molar-refractivity contribution in [2.75, 3.05) is 19.3 Å². The summed E-state index contributed by atoms with van der Waals surface area (Å²) in [6.45, 7) is 0.228. The Morgan fingerprint density at radius 1 is 1.56 bits per heavy atom. The van der Waals surface area contributed by atoms with Gasteiger partial charge in [0, 0.05) is 6.54 Å². The van der Waals surface area contributed by atoms with Gasteiger partial charge in [0.25, 0.3) is 0 Å². The molecule has 0 aliphatic carbocycles. The van der Waals surface area contributed by atoms with Gasteiger partial charge >= 0.3 is 29.6 Å². The molecule has 0 unspecified atom stereocenters. The Kier molecular flexibility index (Phi) is 7.86. The van der Waals surface area contributed by atoms with Crippen LogP contribution in [0.25, 0.3) is 0 Å². The van der Waals surface area contributed by atoms with Crippen molar-refractivity contribution in [2.45, 2.75) is 0 Å². The molecule has 0 heterocycles. The zero-order chi connectivity index (χ0) is 6.62. The van der Waals surface area contributed by atoms with Gasteiger partial charge < -0.3 is 9.87 Å². The Hall–Kier alpha value is 0.870. The summed E-state index contributed by atoms with van der Waals surface area (Å²) in [5, 5.41) is 2.55. The largest absolute Gasteiger partial charge is 1.00 e. The van der Waals surface area contributed by atoms with E-state index >= 15 is 0 Å². The van der Waals surface area contributed by atoms with Crippen LogP contribution in [-0.2, 0) is 10.1 Å². The van der Waals surface area contributed by atoms with Crippen LogP contribution in [0.15, 0.2) is 0 Å². The molecular formula is C3H8NNaO3S. The van der Waals surface area contributed by atoms with Gasteiger partial charge in [-0.2, -0.15) is 0 Å². The van der Waals surface area contributed by atoms with Crippen LogP contribution in [0.3, 0.4) is 0 Å². The summed E-state index contributed by atoms with van der Waals surface area (Å²) in [5.74, 6) is -0.330. The van der Waals surface area contributed by atoms with Crippen molar-refractivity contribution >= 4 is 10.1 Å². The fourth-order valence-electron chi connectivity index (χ4n) is 0.227. The molecule has 0 atom stereocenters. The Morgan fingerprint density at radius 2 is 2.00 bits per heavy atom. The van der Waals surface area contributed by atoms with Crippen LogP contribution in [0.4, 0.5) is 0 Å². The molecule has 0 saturated carbocycles. The van der Waals surface area contributed by atoms with Crippen molar-refractivity contribution < 1.29 is 42.5 Å². The number of rotatable bonds is 3. The number of hydrogen-bond donors (Lipinski definition) is 1. The molecule has 0 saturated heterocycles. The van der Waals surface area contributed by atoms with Crippen molar-refractivity contribution in [3.8, 4) is 0 Å². The summed E-state index contributed by atoms with van der Waals surface area (Å²) in [6.07, 6.45) is 0. The molecule has 0 aliphatic rings. The summed E-state index contributed by atoms with van der Waals surface area (Å²) < 4.78 is 29.4. The number of hydrogen-bond acceptors (Lipinski definition) is 4. The van der Waals surface area contributed by atoms with Crippen molar-refractivity contribution in [3.63, 3.8) is 0 Å². The van der Waals surface area contributed by atoms with Gasteiger partial charge in [-0.1, -0.05) is 0 Å². The second-order valence-electron chi connectivity index (χ2n) is 1.37. The van der Waals surface area contributed by atoms with Crippen molar-refractivity contribution in [2.24, 2.45) is 0 Å². The van der Waals surface area contributed by atoms with Crippen LogP contribution >= 0.6 is 0 Å². The Bertz CT molecular complexity index is 143. The van der Waals surface area contributed by atoms with E-state index < -0.39 is 10.1 Å². The minimum atomic E-state index is -4.00. The van der Waals surface area contributed by atoms with Crippen LogP contribution in [0, 0.1) is 0 Å². The average Bonchev–Trinajstić information content (AvgIpc) is 1.59. The van der Waals surface area contributed by atoms with Gasteiger partial charge in [0.2, 0.25) is 0 Å². The smallest absolute Gasteiger partial charge is 0.748 e. The first-order valence-electron chi connectivity index (χ1n) is 2.14. The van der Waals surface area contributed by atoms with Gasteiger partial charge in [0.05, 0.1) is 15.9 Å².